The van der Waals surface area contributed by atoms with Crippen LogP contribution in [-0.2, 0) is 11.2 Å². The van der Waals surface area contributed by atoms with E-state index in [0.29, 0.717) is 42.3 Å². The number of amidine groups is 1. The van der Waals surface area contributed by atoms with Crippen LogP contribution in [0.2, 0.25) is 0 Å². The highest BCUT2D eigenvalue weighted by molar-refractivity contribution is 6.06. The molecule has 1 aliphatic rings. The largest absolute Gasteiger partial charge is 0.508 e. The first-order valence-corrected chi connectivity index (χ1v) is 16.7. The van der Waals surface area contributed by atoms with Crippen LogP contribution in [0.15, 0.2) is 53.9 Å². The molecule has 0 bridgehead atoms. The molecule has 1 aromatic carbocycles. The average Bonchev–Trinajstić information content (AvgIpc) is 3.71. The molecule has 0 saturated carbocycles. The standard InChI is InChI=1S/C36H44N10O4/c1-6-23-16-26(47)10-11-29(23)43-33(38)28-20-42-46-21-24(27-19-40-31(15-22(27)2)44-34(48)39-13-8-12-37)17-30(46)32(28)41-18-25-9-7-14-45(25)35(49)50-36(3,4)5/h10-11,15-17,19-21,25,41,47H,6-9,13-14,18H2,1-5H3,(H2,38,43)(H2,39,40,44,48)/t25-/m1/s1. The molecule has 5 rings (SSSR count). The number of anilines is 2. The van der Waals surface area contributed by atoms with Gasteiger partial charge >= 0.3 is 12.1 Å². The molecule has 0 aliphatic carbocycles. The molecule has 262 valence electrons. The number of nitrogens with two attached hydrogens (primary N) is 1. The van der Waals surface area contributed by atoms with Gasteiger partial charge in [0.2, 0.25) is 0 Å². The van der Waals surface area contributed by atoms with E-state index >= 15 is 0 Å². The van der Waals surface area contributed by atoms with E-state index in [1.807, 2.05) is 53.0 Å². The molecule has 0 unspecified atom stereocenters. The number of benzene rings is 1. The van der Waals surface area contributed by atoms with Gasteiger partial charge in [0, 0.05) is 43.2 Å². The van der Waals surface area contributed by atoms with Crippen molar-refractivity contribution in [2.24, 2.45) is 10.7 Å². The van der Waals surface area contributed by atoms with Gasteiger partial charge < -0.3 is 31.1 Å². The number of fused-ring (bicyclic) bond motifs is 1. The highest BCUT2D eigenvalue weighted by Gasteiger charge is 2.32. The lowest BCUT2D eigenvalue weighted by Crippen LogP contribution is -2.42. The smallest absolute Gasteiger partial charge is 0.410 e. The number of amides is 3. The summed E-state index contributed by atoms with van der Waals surface area (Å²) in [5.74, 6) is 0.773. The number of aliphatic imine (C=N–C) groups is 1. The number of pyridine rings is 1. The van der Waals surface area contributed by atoms with Gasteiger partial charge in [0.15, 0.2) is 0 Å². The number of nitrogens with zero attached hydrogens (tertiary/aromatic N) is 6. The van der Waals surface area contributed by atoms with Crippen molar-refractivity contribution in [1.82, 2.24) is 24.8 Å². The second-order valence-electron chi connectivity index (χ2n) is 13.2. The third-order valence-electron chi connectivity index (χ3n) is 8.30. The van der Waals surface area contributed by atoms with E-state index in [1.165, 1.54) is 0 Å². The summed E-state index contributed by atoms with van der Waals surface area (Å²) in [5, 5.41) is 32.3. The van der Waals surface area contributed by atoms with E-state index < -0.39 is 11.6 Å². The van der Waals surface area contributed by atoms with Gasteiger partial charge in [0.05, 0.1) is 47.2 Å². The van der Waals surface area contributed by atoms with Crippen molar-refractivity contribution in [3.05, 3.63) is 65.6 Å². The minimum absolute atomic E-state index is 0.106. The number of ether oxygens (including phenoxy) is 1. The fraction of sp³-hybridized carbons (Fsp3) is 0.389. The Hall–Kier alpha value is -5.84. The molecule has 50 heavy (non-hydrogen) atoms. The monoisotopic (exact) mass is 680 g/mol. The normalized spacial score (nSPS) is 14.8. The van der Waals surface area contributed by atoms with Crippen LogP contribution in [0.4, 0.5) is 26.8 Å². The Morgan fingerprint density at radius 2 is 2.02 bits per heavy atom. The van der Waals surface area contributed by atoms with Gasteiger partial charge in [-0.25, -0.2) is 24.1 Å². The van der Waals surface area contributed by atoms with Crippen LogP contribution in [0.3, 0.4) is 0 Å². The number of rotatable bonds is 10. The van der Waals surface area contributed by atoms with Crippen molar-refractivity contribution in [2.75, 3.05) is 30.3 Å². The maximum atomic E-state index is 13.1. The summed E-state index contributed by atoms with van der Waals surface area (Å²) in [6.45, 7) is 10.8. The number of urea groups is 1. The van der Waals surface area contributed by atoms with Crippen molar-refractivity contribution in [3.63, 3.8) is 0 Å². The van der Waals surface area contributed by atoms with Crippen molar-refractivity contribution < 1.29 is 19.4 Å². The van der Waals surface area contributed by atoms with Crippen LogP contribution in [-0.4, -0.2) is 73.8 Å². The molecule has 3 amide bonds. The number of aromatic hydroxyl groups is 1. The molecule has 4 aromatic rings. The molecular formula is C36H44N10O4. The third kappa shape index (κ3) is 8.41. The second-order valence-corrected chi connectivity index (χ2v) is 13.2. The van der Waals surface area contributed by atoms with E-state index in [2.05, 4.69) is 26.0 Å². The fourth-order valence-electron chi connectivity index (χ4n) is 5.89. The maximum absolute atomic E-state index is 13.1. The van der Waals surface area contributed by atoms with Crippen LogP contribution >= 0.6 is 0 Å². The van der Waals surface area contributed by atoms with E-state index in [9.17, 15) is 14.7 Å². The van der Waals surface area contributed by atoms with E-state index in [1.54, 1.807) is 46.1 Å². The van der Waals surface area contributed by atoms with Gasteiger partial charge in [-0.2, -0.15) is 10.4 Å². The predicted molar refractivity (Wildman–Crippen MR) is 193 cm³/mol. The highest BCUT2D eigenvalue weighted by Crippen LogP contribution is 2.32. The van der Waals surface area contributed by atoms with Gasteiger partial charge in [-0.1, -0.05) is 6.92 Å². The molecule has 1 atom stereocenters. The lowest BCUT2D eigenvalue weighted by molar-refractivity contribution is 0.0235. The number of nitriles is 1. The summed E-state index contributed by atoms with van der Waals surface area (Å²) >= 11 is 0. The Balaban J connectivity index is 1.50. The lowest BCUT2D eigenvalue weighted by atomic mass is 10.1. The Morgan fingerprint density at radius 1 is 1.22 bits per heavy atom. The number of phenolic OH excluding ortho intramolecular Hbond substituents is 1. The van der Waals surface area contributed by atoms with E-state index in [-0.39, 0.29) is 36.7 Å². The SMILES string of the molecule is CCc1cc(O)ccc1N=C(N)c1cnn2cc(-c3cnc(NC(=O)NCCC#N)cc3C)cc2c1NC[C@H]1CCCN1C(=O)OC(C)(C)C. The van der Waals surface area contributed by atoms with Crippen molar-refractivity contribution in [1.29, 1.82) is 5.26 Å². The van der Waals surface area contributed by atoms with Gasteiger partial charge in [-0.3, -0.25) is 5.32 Å². The van der Waals surface area contributed by atoms with Gasteiger partial charge in [-0.05, 0) is 88.4 Å². The molecule has 4 heterocycles. The summed E-state index contributed by atoms with van der Waals surface area (Å²) in [5.41, 5.74) is 12.1. The maximum Gasteiger partial charge on any atom is 0.410 e. The van der Waals surface area contributed by atoms with Crippen LogP contribution in [0.1, 0.15) is 63.6 Å². The minimum atomic E-state index is -0.605. The number of hydrogen-bond acceptors (Lipinski definition) is 9. The number of phenols is 1. The van der Waals surface area contributed by atoms with Crippen LogP contribution < -0.4 is 21.7 Å². The summed E-state index contributed by atoms with van der Waals surface area (Å²) in [6, 6.07) is 10.2. The fourth-order valence-corrected chi connectivity index (χ4v) is 5.89. The van der Waals surface area contributed by atoms with E-state index in [4.69, 9.17) is 20.7 Å². The number of aryl methyl sites for hydroxylation is 2. The summed E-state index contributed by atoms with van der Waals surface area (Å²) in [6.07, 6.45) is 7.44. The average molecular weight is 681 g/mol. The highest BCUT2D eigenvalue weighted by atomic mass is 16.6. The van der Waals surface area contributed by atoms with Crippen LogP contribution in [0.25, 0.3) is 16.6 Å². The van der Waals surface area contributed by atoms with Gasteiger partial charge in [0.25, 0.3) is 0 Å². The summed E-state index contributed by atoms with van der Waals surface area (Å²) in [7, 11) is 0. The minimum Gasteiger partial charge on any atom is -0.508 e. The number of aromatic nitrogens is 3. The molecule has 1 saturated heterocycles. The van der Waals surface area contributed by atoms with E-state index in [0.717, 1.165) is 40.6 Å². The molecule has 14 nitrogen and oxygen atoms in total. The molecule has 0 spiro atoms. The van der Waals surface area contributed by atoms with Crippen molar-refractivity contribution >= 4 is 40.7 Å². The van der Waals surface area contributed by atoms with Crippen LogP contribution in [0, 0.1) is 18.3 Å². The molecule has 1 aliphatic heterocycles. The quantitative estimate of drug-likeness (QED) is 0.0775. The Kier molecular flexibility index (Phi) is 10.7. The predicted octanol–water partition coefficient (Wildman–Crippen LogP) is 5.86. The molecule has 3 aromatic heterocycles. The zero-order chi connectivity index (χ0) is 36.0. The molecule has 6 N–H and O–H groups in total. The zero-order valence-electron chi connectivity index (χ0n) is 29.1. The topological polar surface area (TPSA) is 195 Å². The summed E-state index contributed by atoms with van der Waals surface area (Å²) < 4.78 is 7.44. The van der Waals surface area contributed by atoms with Gasteiger partial charge in [-0.15, -0.1) is 0 Å². The Bertz CT molecular complexity index is 1960. The summed E-state index contributed by atoms with van der Waals surface area (Å²) in [4.78, 5) is 36.2. The lowest BCUT2D eigenvalue weighted by Gasteiger charge is -2.29. The first kappa shape index (κ1) is 35.5. The van der Waals surface area contributed by atoms with Crippen molar-refractivity contribution in [2.45, 2.75) is 71.9 Å². The molecule has 14 heteroatoms. The van der Waals surface area contributed by atoms with Crippen LogP contribution in [0.5, 0.6) is 5.75 Å². The molecule has 0 radical (unpaired) electrons. The number of nitrogens with one attached hydrogen (secondary N) is 3. The molecule has 1 fully saturated rings. The first-order valence-electron chi connectivity index (χ1n) is 16.7. The zero-order valence-corrected chi connectivity index (χ0v) is 29.1. The second kappa shape index (κ2) is 15.1. The number of hydrogen-bond donors (Lipinski definition) is 5. The number of carbonyl (C=O) groups excluding carboxylic acids is 2. The van der Waals surface area contributed by atoms with Gasteiger partial charge in [0.1, 0.15) is 23.0 Å². The first-order chi connectivity index (χ1) is 23.9. The third-order valence-corrected chi connectivity index (χ3v) is 8.30. The number of likely N-dealkylation sites (tertiary alicyclic amines) is 1. The number of carbonyl (C=O) groups is 2. The Morgan fingerprint density at radius 3 is 2.74 bits per heavy atom. The van der Waals surface area contributed by atoms with Crippen molar-refractivity contribution in [3.8, 4) is 22.9 Å². The molecular weight excluding hydrogens is 636 g/mol. The Labute approximate surface area is 291 Å².